The van der Waals surface area contributed by atoms with E-state index < -0.39 is 0 Å². The fraction of sp³-hybridized carbons (Fsp3) is 0.133. The van der Waals surface area contributed by atoms with Crippen LogP contribution in [0.2, 0.25) is 0 Å². The molecule has 12 aromatic carbocycles. The van der Waals surface area contributed by atoms with Crippen molar-refractivity contribution in [1.29, 1.82) is 0 Å². The van der Waals surface area contributed by atoms with Crippen LogP contribution in [0.5, 0.6) is 0 Å². The van der Waals surface area contributed by atoms with E-state index in [1.54, 1.807) is 0 Å². The topological polar surface area (TPSA) is 32.4 Å². The maximum Gasteiger partial charge on any atom is 0.254 e. The van der Waals surface area contributed by atoms with Crippen LogP contribution in [0.3, 0.4) is 0 Å². The van der Waals surface area contributed by atoms with E-state index in [1.165, 1.54) is 207 Å². The highest BCUT2D eigenvalue weighted by Gasteiger charge is 2.55. The second kappa shape index (κ2) is 18.5. The van der Waals surface area contributed by atoms with Crippen molar-refractivity contribution in [2.75, 3.05) is 119 Å². The van der Waals surface area contributed by atoms with Crippen molar-refractivity contribution in [3.05, 3.63) is 229 Å². The highest BCUT2D eigenvalue weighted by molar-refractivity contribution is 7.06. The summed E-state index contributed by atoms with van der Waals surface area (Å²) in [5.41, 5.74) is 48.0. The van der Waals surface area contributed by atoms with Gasteiger partial charge in [-0.15, -0.1) is 0 Å². The van der Waals surface area contributed by atoms with E-state index in [9.17, 15) is 0 Å². The molecule has 22 rings (SSSR count). The van der Waals surface area contributed by atoms with E-state index in [4.69, 9.17) is 0 Å². The van der Waals surface area contributed by atoms with Gasteiger partial charge in [-0.05, 0) is 161 Å². The summed E-state index contributed by atoms with van der Waals surface area (Å²) in [4.78, 5) is 25.4. The van der Waals surface area contributed by atoms with Gasteiger partial charge in [-0.25, -0.2) is 0 Å². The highest BCUT2D eigenvalue weighted by atomic mass is 15.3. The van der Waals surface area contributed by atoms with Crippen LogP contribution in [0.15, 0.2) is 212 Å². The van der Waals surface area contributed by atoms with Crippen LogP contribution in [0.25, 0.3) is 11.1 Å². The van der Waals surface area contributed by atoms with E-state index in [2.05, 4.69) is 332 Å². The molecule has 0 spiro atoms. The quantitative estimate of drug-likeness (QED) is 0.149. The minimum absolute atomic E-state index is 0.0452. The number of fused-ring (bicyclic) bond motifs is 25. The third-order valence-corrected chi connectivity index (χ3v) is 24.8. The van der Waals surface area contributed by atoms with E-state index in [0.29, 0.717) is 0 Å². The Morgan fingerprint density at radius 2 is 0.515 bits per heavy atom. The average Bonchev–Trinajstić information content (AvgIpc) is 0.676. The van der Waals surface area contributed by atoms with Gasteiger partial charge in [0.1, 0.15) is 0 Å². The normalized spacial score (nSPS) is 16.4. The number of nitrogens with zero attached hydrogens (tertiary/aromatic N) is 10. The van der Waals surface area contributed by atoms with Gasteiger partial charge in [-0.3, -0.25) is 0 Å². The molecular weight excluding hydrogens is 1180 g/mol. The molecule has 10 aliphatic heterocycles. The van der Waals surface area contributed by atoms with Gasteiger partial charge in [-0.2, -0.15) is 0 Å². The molecule has 1 unspecified atom stereocenters. The summed E-state index contributed by atoms with van der Waals surface area (Å²) in [6.07, 6.45) is 0. The van der Waals surface area contributed by atoms with Gasteiger partial charge in [0.05, 0.1) is 22.7 Å². The first-order valence-electron chi connectivity index (χ1n) is 34.4. The predicted octanol–water partition coefficient (Wildman–Crippen LogP) is 9.41. The fourth-order valence-corrected chi connectivity index (χ4v) is 20.8. The van der Waals surface area contributed by atoms with Gasteiger partial charge in [0, 0.05) is 179 Å². The third-order valence-electron chi connectivity index (χ3n) is 24.8. The molecule has 10 nitrogen and oxygen atoms in total. The summed E-state index contributed by atoms with van der Waals surface area (Å²) >= 11 is 0. The van der Waals surface area contributed by atoms with Crippen LogP contribution in [-0.4, -0.2) is 97.3 Å². The lowest BCUT2D eigenvalue weighted by atomic mass is 9.29. The lowest BCUT2D eigenvalue weighted by Crippen LogP contribution is -2.68. The SMILES string of the molecule is CN1c2ccccc2B2c3c1cccc3N(C)c1c3c(c4c(c12)N(C)c1cc(-c2ccc5c(c2)B2c6ccccc6N(C)c6c2c(c2c7c6N(C)c6ccccc6B7c6ccccc6N2C)N5C)cc2c1C4c1ccccc1N2C)N(C)c1cccc2c1B3c1ccccc1N2C. The summed E-state index contributed by atoms with van der Waals surface area (Å²) in [7, 11) is 23.2. The Hall–Kier alpha value is -11.1. The molecule has 0 aromatic heterocycles. The largest absolute Gasteiger partial charge is 0.346 e. The molecule has 0 radical (unpaired) electrons. The Morgan fingerprint density at radius 3 is 0.979 bits per heavy atom. The summed E-state index contributed by atoms with van der Waals surface area (Å²) < 4.78 is 0. The Balaban J connectivity index is 0.810. The Kier molecular flexibility index (Phi) is 10.3. The van der Waals surface area contributed by atoms with E-state index in [0.717, 1.165) is 0 Å². The molecule has 0 N–H and O–H groups in total. The monoisotopic (exact) mass is 1250 g/mol. The molecule has 0 saturated heterocycles. The first-order chi connectivity index (χ1) is 47.4. The maximum atomic E-state index is 2.66. The molecule has 0 fully saturated rings. The zero-order chi connectivity index (χ0) is 64.8. The van der Waals surface area contributed by atoms with Gasteiger partial charge in [-0.1, -0.05) is 133 Å². The second-order valence-corrected chi connectivity index (χ2v) is 28.7. The van der Waals surface area contributed by atoms with Crippen molar-refractivity contribution in [1.82, 2.24) is 0 Å². The lowest BCUT2D eigenvalue weighted by molar-refractivity contribution is 0.888. The van der Waals surface area contributed by atoms with Crippen LogP contribution in [-0.2, 0) is 0 Å². The zero-order valence-electron chi connectivity index (χ0n) is 56.1. The number of hydrogen-bond donors (Lipinski definition) is 0. The van der Waals surface area contributed by atoms with Crippen molar-refractivity contribution in [3.63, 3.8) is 0 Å². The van der Waals surface area contributed by atoms with Gasteiger partial charge in [0.15, 0.2) is 0 Å². The highest BCUT2D eigenvalue weighted by Crippen LogP contribution is 2.62. The first-order valence-corrected chi connectivity index (χ1v) is 34.4. The van der Waals surface area contributed by atoms with E-state index in [1.807, 2.05) is 0 Å². The van der Waals surface area contributed by atoms with Crippen LogP contribution in [0.1, 0.15) is 22.6 Å². The van der Waals surface area contributed by atoms with Crippen molar-refractivity contribution in [2.45, 2.75) is 5.92 Å². The van der Waals surface area contributed by atoms with Gasteiger partial charge in [0.25, 0.3) is 26.9 Å². The number of hydrogen-bond acceptors (Lipinski definition) is 10. The second-order valence-electron chi connectivity index (χ2n) is 28.7. The summed E-state index contributed by atoms with van der Waals surface area (Å²) in [6.45, 7) is -0.108. The molecular formula is C83H66B4N10. The Labute approximate surface area is 568 Å². The third kappa shape index (κ3) is 6.32. The van der Waals surface area contributed by atoms with E-state index in [-0.39, 0.29) is 32.8 Å². The van der Waals surface area contributed by atoms with Crippen molar-refractivity contribution in [3.8, 4) is 11.1 Å². The standard InChI is InChI=1S/C83H66B4N10/c1-88-55-31-17-11-25-48(55)68-69-66(88)44-47(46-41-42-61-54(43-46)85-51-28-14-22-36-60(51)93(6)82-76(85)83(94(61)7)81-75-80(82)91(4)58-34-20-12-26-49(58)84(75)50-27-13-21-35-59(50)92(81)5)45-67(69)97(10)78-70(68)77-73(86-52-29-15-18-32-56(52)89(2)62-37-23-39-64(71(62)86)95(77)8)79-74(78)87-53-30-16-19-33-57(53)90(3)63-38-24-40-65(72(63)87)96(79)9/h11-45,68H,1-10H3. The molecule has 12 aromatic rings. The number of rotatable bonds is 1. The van der Waals surface area contributed by atoms with Crippen LogP contribution in [0.4, 0.5) is 114 Å². The number of anilines is 20. The van der Waals surface area contributed by atoms with Crippen LogP contribution in [0, 0.1) is 0 Å². The van der Waals surface area contributed by atoms with Crippen molar-refractivity contribution < 1.29 is 0 Å². The molecule has 1 atom stereocenters. The summed E-state index contributed by atoms with van der Waals surface area (Å²) in [5.74, 6) is -0.113. The molecule has 14 heteroatoms. The predicted molar refractivity (Wildman–Crippen MR) is 416 cm³/mol. The molecule has 10 heterocycles. The number of benzene rings is 12. The summed E-state index contributed by atoms with van der Waals surface area (Å²) in [5, 5.41) is 0. The number of para-hydroxylation sites is 6. The van der Waals surface area contributed by atoms with E-state index >= 15 is 0 Å². The molecule has 0 bridgehead atoms. The Morgan fingerprint density at radius 1 is 0.206 bits per heavy atom. The maximum absolute atomic E-state index is 2.66. The molecule has 10 aliphatic rings. The molecule has 0 aliphatic carbocycles. The van der Waals surface area contributed by atoms with Crippen LogP contribution < -0.4 is 115 Å². The van der Waals surface area contributed by atoms with Crippen molar-refractivity contribution >= 4 is 206 Å². The molecule has 0 amide bonds. The van der Waals surface area contributed by atoms with Gasteiger partial charge < -0.3 is 49.0 Å². The first kappa shape index (κ1) is 54.2. The smallest absolute Gasteiger partial charge is 0.254 e. The Bertz CT molecular complexity index is 5560. The molecule has 0 saturated carbocycles. The average molecular weight is 1250 g/mol. The fourth-order valence-electron chi connectivity index (χ4n) is 20.8. The van der Waals surface area contributed by atoms with Crippen molar-refractivity contribution in [2.24, 2.45) is 0 Å². The minimum atomic E-state index is -0.113. The summed E-state index contributed by atoms with van der Waals surface area (Å²) in [6, 6.07) is 82.0. The zero-order valence-corrected chi connectivity index (χ0v) is 56.1. The van der Waals surface area contributed by atoms with Gasteiger partial charge in [0.2, 0.25) is 0 Å². The van der Waals surface area contributed by atoms with Crippen LogP contribution >= 0.6 is 0 Å². The minimum Gasteiger partial charge on any atom is -0.346 e. The lowest BCUT2D eigenvalue weighted by Gasteiger charge is -2.52. The molecule has 97 heavy (non-hydrogen) atoms. The van der Waals surface area contributed by atoms with Gasteiger partial charge >= 0.3 is 0 Å². The molecule has 460 valence electrons.